The molecule has 90 valence electrons. The van der Waals surface area contributed by atoms with Crippen LogP contribution in [0.1, 0.15) is 32.9 Å². The Bertz CT molecular complexity index is 346. The Kier molecular flexibility index (Phi) is 3.19. The number of nitrogens with one attached hydrogen (secondary N) is 1. The van der Waals surface area contributed by atoms with Crippen molar-refractivity contribution in [2.75, 3.05) is 24.5 Å². The zero-order chi connectivity index (χ0) is 11.6. The normalized spacial score (nSPS) is 19.3. The molecule has 0 radical (unpaired) electrons. The van der Waals surface area contributed by atoms with Crippen LogP contribution in [0.3, 0.4) is 0 Å². The van der Waals surface area contributed by atoms with Gasteiger partial charge in [0, 0.05) is 19.6 Å². The number of oxazole rings is 1. The summed E-state index contributed by atoms with van der Waals surface area (Å²) in [5, 5.41) is 3.24. The summed E-state index contributed by atoms with van der Waals surface area (Å²) >= 11 is 0. The second-order valence-electron chi connectivity index (χ2n) is 5.24. The molecule has 0 amide bonds. The Hall–Kier alpha value is -1.03. The fraction of sp³-hybridized carbons (Fsp3) is 0.750. The highest BCUT2D eigenvalue weighted by Gasteiger charge is 2.31. The van der Waals surface area contributed by atoms with Crippen molar-refractivity contribution >= 4 is 6.01 Å². The molecular formula is C12H21N3O. The van der Waals surface area contributed by atoms with Crippen molar-refractivity contribution in [3.8, 4) is 0 Å². The highest BCUT2D eigenvalue weighted by molar-refractivity contribution is 5.29. The van der Waals surface area contributed by atoms with Gasteiger partial charge in [0.05, 0.1) is 5.69 Å². The van der Waals surface area contributed by atoms with Crippen LogP contribution < -0.4 is 10.2 Å². The van der Waals surface area contributed by atoms with Crippen molar-refractivity contribution in [2.45, 2.75) is 33.7 Å². The fourth-order valence-electron chi connectivity index (χ4n) is 2.05. The van der Waals surface area contributed by atoms with Gasteiger partial charge in [0.25, 0.3) is 6.01 Å². The van der Waals surface area contributed by atoms with Crippen molar-refractivity contribution < 1.29 is 4.42 Å². The van der Waals surface area contributed by atoms with Crippen molar-refractivity contribution in [3.63, 3.8) is 0 Å². The van der Waals surface area contributed by atoms with E-state index >= 15 is 0 Å². The zero-order valence-corrected chi connectivity index (χ0v) is 10.4. The molecule has 1 N–H and O–H groups in total. The minimum atomic E-state index is 0.385. The van der Waals surface area contributed by atoms with Gasteiger partial charge in [-0.15, -0.1) is 0 Å². The minimum Gasteiger partial charge on any atom is -0.432 e. The Balaban J connectivity index is 1.97. The van der Waals surface area contributed by atoms with Gasteiger partial charge in [-0.1, -0.05) is 20.8 Å². The highest BCUT2D eigenvalue weighted by Crippen LogP contribution is 2.31. The molecule has 0 bridgehead atoms. The standard InChI is InChI=1S/C12H21N3O/c1-4-13-7-10-8-16-11(14-10)15-6-5-12(2,3)9-15/h8,13H,4-7,9H2,1-3H3. The maximum Gasteiger partial charge on any atom is 0.297 e. The van der Waals surface area contributed by atoms with Crippen LogP contribution >= 0.6 is 0 Å². The zero-order valence-electron chi connectivity index (χ0n) is 10.4. The van der Waals surface area contributed by atoms with E-state index in [2.05, 4.69) is 36.0 Å². The molecule has 0 atom stereocenters. The maximum atomic E-state index is 5.51. The van der Waals surface area contributed by atoms with Gasteiger partial charge in [-0.05, 0) is 18.4 Å². The maximum absolute atomic E-state index is 5.51. The van der Waals surface area contributed by atoms with Crippen molar-refractivity contribution in [1.82, 2.24) is 10.3 Å². The van der Waals surface area contributed by atoms with Crippen molar-refractivity contribution in [2.24, 2.45) is 5.41 Å². The molecule has 1 saturated heterocycles. The molecule has 1 aromatic heterocycles. The number of rotatable bonds is 4. The van der Waals surface area contributed by atoms with E-state index in [0.29, 0.717) is 5.41 Å². The molecule has 1 aliphatic heterocycles. The summed E-state index contributed by atoms with van der Waals surface area (Å²) < 4.78 is 5.51. The van der Waals surface area contributed by atoms with Gasteiger partial charge in [-0.25, -0.2) is 0 Å². The Labute approximate surface area is 97.0 Å². The first-order valence-corrected chi connectivity index (χ1v) is 6.01. The molecule has 4 nitrogen and oxygen atoms in total. The molecule has 0 saturated carbocycles. The summed E-state index contributed by atoms with van der Waals surface area (Å²) in [7, 11) is 0. The highest BCUT2D eigenvalue weighted by atomic mass is 16.4. The summed E-state index contributed by atoms with van der Waals surface area (Å²) in [6.07, 6.45) is 2.96. The van der Waals surface area contributed by atoms with Crippen LogP contribution in [0.2, 0.25) is 0 Å². The van der Waals surface area contributed by atoms with Gasteiger partial charge in [-0.2, -0.15) is 4.98 Å². The first kappa shape index (κ1) is 11.5. The average molecular weight is 223 g/mol. The van der Waals surface area contributed by atoms with Crippen LogP contribution in [0.15, 0.2) is 10.7 Å². The van der Waals surface area contributed by atoms with Crippen LogP contribution in [0.5, 0.6) is 0 Å². The molecule has 2 rings (SSSR count). The summed E-state index contributed by atoms with van der Waals surface area (Å²) in [6.45, 7) is 10.5. The number of anilines is 1. The van der Waals surface area contributed by atoms with Gasteiger partial charge in [-0.3, -0.25) is 0 Å². The summed E-state index contributed by atoms with van der Waals surface area (Å²) in [4.78, 5) is 6.72. The topological polar surface area (TPSA) is 41.3 Å². The monoisotopic (exact) mass is 223 g/mol. The van der Waals surface area contributed by atoms with Crippen LogP contribution in [-0.2, 0) is 6.54 Å². The van der Waals surface area contributed by atoms with Crippen LogP contribution in [0, 0.1) is 5.41 Å². The lowest BCUT2D eigenvalue weighted by Gasteiger charge is -2.17. The molecule has 0 spiro atoms. The van der Waals surface area contributed by atoms with Gasteiger partial charge in [0.1, 0.15) is 6.26 Å². The predicted molar refractivity (Wildman–Crippen MR) is 64.5 cm³/mol. The molecule has 1 fully saturated rings. The first-order chi connectivity index (χ1) is 7.61. The number of hydrogen-bond donors (Lipinski definition) is 1. The van der Waals surface area contributed by atoms with Crippen LogP contribution in [0.25, 0.3) is 0 Å². The van der Waals surface area contributed by atoms with E-state index in [1.165, 1.54) is 6.42 Å². The number of nitrogens with zero attached hydrogens (tertiary/aromatic N) is 2. The third-order valence-electron chi connectivity index (χ3n) is 3.04. The van der Waals surface area contributed by atoms with Gasteiger partial charge >= 0.3 is 0 Å². The van der Waals surface area contributed by atoms with E-state index in [1.807, 2.05) is 0 Å². The lowest BCUT2D eigenvalue weighted by Crippen LogP contribution is -2.23. The summed E-state index contributed by atoms with van der Waals surface area (Å²) in [6, 6.07) is 0.776. The van der Waals surface area contributed by atoms with E-state index < -0.39 is 0 Å². The van der Waals surface area contributed by atoms with E-state index in [9.17, 15) is 0 Å². The molecule has 0 aliphatic carbocycles. The molecular weight excluding hydrogens is 202 g/mol. The molecule has 4 heteroatoms. The third kappa shape index (κ3) is 2.55. The molecule has 1 aliphatic rings. The minimum absolute atomic E-state index is 0.385. The van der Waals surface area contributed by atoms with Crippen molar-refractivity contribution in [1.29, 1.82) is 0 Å². The van der Waals surface area contributed by atoms with Gasteiger partial charge in [0.15, 0.2) is 0 Å². The Morgan fingerprint density at radius 1 is 1.56 bits per heavy atom. The van der Waals surface area contributed by atoms with Crippen LogP contribution in [-0.4, -0.2) is 24.6 Å². The largest absolute Gasteiger partial charge is 0.432 e. The SMILES string of the molecule is CCNCc1coc(N2CCC(C)(C)C2)n1. The second-order valence-corrected chi connectivity index (χ2v) is 5.24. The third-order valence-corrected chi connectivity index (χ3v) is 3.04. The molecule has 1 aromatic rings. The van der Waals surface area contributed by atoms with Crippen LogP contribution in [0.4, 0.5) is 6.01 Å². The Morgan fingerprint density at radius 2 is 2.38 bits per heavy atom. The summed E-state index contributed by atoms with van der Waals surface area (Å²) in [5.41, 5.74) is 1.37. The number of aromatic nitrogens is 1. The quantitative estimate of drug-likeness (QED) is 0.848. The van der Waals surface area contributed by atoms with E-state index in [4.69, 9.17) is 4.42 Å². The van der Waals surface area contributed by atoms with Crippen molar-refractivity contribution in [3.05, 3.63) is 12.0 Å². The first-order valence-electron chi connectivity index (χ1n) is 6.01. The fourth-order valence-corrected chi connectivity index (χ4v) is 2.05. The van der Waals surface area contributed by atoms with E-state index in [-0.39, 0.29) is 0 Å². The second kappa shape index (κ2) is 4.45. The Morgan fingerprint density at radius 3 is 3.00 bits per heavy atom. The van der Waals surface area contributed by atoms with E-state index in [1.54, 1.807) is 6.26 Å². The summed E-state index contributed by atoms with van der Waals surface area (Å²) in [5.74, 6) is 0. The molecule has 0 aromatic carbocycles. The molecule has 0 unspecified atom stereocenters. The smallest absolute Gasteiger partial charge is 0.297 e. The van der Waals surface area contributed by atoms with Gasteiger partial charge < -0.3 is 14.6 Å². The number of hydrogen-bond acceptors (Lipinski definition) is 4. The lowest BCUT2D eigenvalue weighted by atomic mass is 9.93. The average Bonchev–Trinajstić information content (AvgIpc) is 2.81. The van der Waals surface area contributed by atoms with Gasteiger partial charge in [0.2, 0.25) is 0 Å². The predicted octanol–water partition coefficient (Wildman–Crippen LogP) is 2.02. The molecule has 16 heavy (non-hydrogen) atoms. The molecule has 2 heterocycles. The lowest BCUT2D eigenvalue weighted by molar-refractivity contribution is 0.415. The van der Waals surface area contributed by atoms with E-state index in [0.717, 1.165) is 37.9 Å².